The molecule has 0 aliphatic rings. The molecule has 0 heterocycles. The Morgan fingerprint density at radius 3 is 1.46 bits per heavy atom. The summed E-state index contributed by atoms with van der Waals surface area (Å²) in [5.41, 5.74) is 17.2. The monoisotopic (exact) mass is 1100 g/mol. The van der Waals surface area contributed by atoms with Gasteiger partial charge in [0.15, 0.2) is 5.96 Å². The standard InChI is InChI=1S/C51H76N12O15/c1-7-28(6)42(49(76)61-37(50(77)78)20-26(2)3)63-43(70)32(14-11-19-55-51(53)54)57-46(73)36(24-40(68)69)59-44(71)33(21-29-12-9-8-10-13-29)60-48(75)41(27(4)5)62-47(74)34(22-30-15-17-31(64)18-16-30)58-45(72)35(23-39(66)67)56-38(65)25-52/h8-10,12-13,15-18,26-28,32-37,41-42,64H,7,11,14,19-25,52H2,1-6H3,(H,56,65)(H,57,73)(H,58,72)(H,59,71)(H,60,75)(H,61,76)(H,62,74)(H,63,70)(H,66,67)(H,68,69)(H,77,78)(H4,53,54,55)/t28-,32-,33-,34-,35-,36-,37-,41-,42-/m0/s1. The van der Waals surface area contributed by atoms with Crippen LogP contribution in [-0.4, -0.2) is 153 Å². The van der Waals surface area contributed by atoms with Gasteiger partial charge < -0.3 is 80.2 Å². The lowest BCUT2D eigenvalue weighted by molar-refractivity contribution is -0.143. The summed E-state index contributed by atoms with van der Waals surface area (Å²) in [4.78, 5) is 150. The molecule has 0 aliphatic carbocycles. The molecule has 9 atom stereocenters. The lowest BCUT2D eigenvalue weighted by Crippen LogP contribution is -2.62. The number of benzene rings is 2. The number of amides is 8. The van der Waals surface area contributed by atoms with Crippen molar-refractivity contribution in [3.63, 3.8) is 0 Å². The van der Waals surface area contributed by atoms with Crippen LogP contribution in [0.1, 0.15) is 91.2 Å². The van der Waals surface area contributed by atoms with Crippen LogP contribution in [0.5, 0.6) is 5.75 Å². The van der Waals surface area contributed by atoms with E-state index in [0.717, 1.165) is 0 Å². The van der Waals surface area contributed by atoms with Gasteiger partial charge in [-0.25, -0.2) is 4.79 Å². The molecule has 2 rings (SSSR count). The number of phenolic OH excluding ortho intramolecular Hbond substituents is 1. The van der Waals surface area contributed by atoms with Crippen molar-refractivity contribution in [2.45, 2.75) is 141 Å². The van der Waals surface area contributed by atoms with E-state index in [9.17, 15) is 73.2 Å². The highest BCUT2D eigenvalue weighted by atomic mass is 16.4. The Hall–Kier alpha value is -8.36. The number of nitrogens with one attached hydrogen (secondary N) is 8. The van der Waals surface area contributed by atoms with Gasteiger partial charge in [-0.2, -0.15) is 0 Å². The second-order valence-electron chi connectivity index (χ2n) is 19.4. The average molecular weight is 1100 g/mol. The number of aliphatic imine (C=N–C) groups is 1. The summed E-state index contributed by atoms with van der Waals surface area (Å²) in [6.45, 7) is 9.37. The van der Waals surface area contributed by atoms with Crippen LogP contribution in [0.25, 0.3) is 0 Å². The molecule has 0 aliphatic heterocycles. The van der Waals surface area contributed by atoms with Gasteiger partial charge in [0.2, 0.25) is 47.3 Å². The molecule has 2 aromatic carbocycles. The van der Waals surface area contributed by atoms with E-state index >= 15 is 0 Å². The van der Waals surface area contributed by atoms with E-state index in [2.05, 4.69) is 47.5 Å². The first-order valence-corrected chi connectivity index (χ1v) is 25.3. The van der Waals surface area contributed by atoms with Gasteiger partial charge in [0.05, 0.1) is 19.4 Å². The molecule has 430 valence electrons. The number of nitrogens with two attached hydrogens (primary N) is 3. The fraction of sp³-hybridized carbons (Fsp3) is 0.529. The van der Waals surface area contributed by atoms with Crippen LogP contribution in [0.4, 0.5) is 0 Å². The van der Waals surface area contributed by atoms with Crippen molar-refractivity contribution >= 4 is 71.1 Å². The molecule has 0 radical (unpaired) electrons. The zero-order chi connectivity index (χ0) is 58.8. The molecule has 78 heavy (non-hydrogen) atoms. The molecule has 18 N–H and O–H groups in total. The Labute approximate surface area is 451 Å². The summed E-state index contributed by atoms with van der Waals surface area (Å²) in [5, 5.41) is 58.8. The van der Waals surface area contributed by atoms with Crippen LogP contribution in [0, 0.1) is 17.8 Å². The summed E-state index contributed by atoms with van der Waals surface area (Å²) >= 11 is 0. The predicted octanol–water partition coefficient (Wildman–Crippen LogP) is -2.15. The van der Waals surface area contributed by atoms with Crippen LogP contribution >= 0.6 is 0 Å². The Balaban J connectivity index is 2.55. The van der Waals surface area contributed by atoms with E-state index in [1.807, 2.05) is 0 Å². The van der Waals surface area contributed by atoms with E-state index in [4.69, 9.17) is 17.2 Å². The average Bonchev–Trinajstić information content (AvgIpc) is 3.36. The van der Waals surface area contributed by atoms with Crippen LogP contribution in [-0.2, 0) is 65.6 Å². The third kappa shape index (κ3) is 23.7. The number of aromatic hydroxyl groups is 1. The van der Waals surface area contributed by atoms with Crippen molar-refractivity contribution in [2.24, 2.45) is 39.9 Å². The van der Waals surface area contributed by atoms with Crippen molar-refractivity contribution in [3.05, 3.63) is 65.7 Å². The number of hydrogen-bond acceptors (Lipinski definition) is 14. The minimum Gasteiger partial charge on any atom is -0.508 e. The number of carbonyl (C=O) groups excluding carboxylic acids is 8. The summed E-state index contributed by atoms with van der Waals surface area (Å²) in [7, 11) is 0. The van der Waals surface area contributed by atoms with Gasteiger partial charge in [0.1, 0.15) is 54.1 Å². The second kappa shape index (κ2) is 32.9. The lowest BCUT2D eigenvalue weighted by Gasteiger charge is -2.29. The Morgan fingerprint density at radius 2 is 0.974 bits per heavy atom. The number of guanidine groups is 1. The zero-order valence-electron chi connectivity index (χ0n) is 44.6. The maximum atomic E-state index is 14.4. The highest BCUT2D eigenvalue weighted by molar-refractivity contribution is 5.99. The van der Waals surface area contributed by atoms with Gasteiger partial charge in [-0.3, -0.25) is 52.9 Å². The van der Waals surface area contributed by atoms with Crippen LogP contribution in [0.3, 0.4) is 0 Å². The molecule has 2 aromatic rings. The summed E-state index contributed by atoms with van der Waals surface area (Å²) in [6.07, 6.45) is -2.18. The van der Waals surface area contributed by atoms with E-state index < -0.39 is 145 Å². The SMILES string of the molecule is CC[C@H](C)[C@H](NC(=O)[C@H](CCCN=C(N)N)NC(=O)[C@H](CC(=O)O)NC(=O)[C@H](Cc1ccccc1)NC(=O)[C@@H](NC(=O)[C@H](Cc1ccc(O)cc1)NC(=O)[C@H](CC(=O)O)NC(=O)CN)C(C)C)C(=O)N[C@@H](CC(C)C)C(=O)O. The van der Waals surface area contributed by atoms with Gasteiger partial charge in [0, 0.05) is 19.4 Å². The van der Waals surface area contributed by atoms with Crippen molar-refractivity contribution in [1.82, 2.24) is 42.5 Å². The van der Waals surface area contributed by atoms with Gasteiger partial charge in [-0.1, -0.05) is 90.4 Å². The summed E-state index contributed by atoms with van der Waals surface area (Å²) in [6, 6.07) is 1.36. The highest BCUT2D eigenvalue weighted by Gasteiger charge is 2.37. The minimum absolute atomic E-state index is 0.0312. The Kier molecular flexibility index (Phi) is 27.8. The number of carboxylic acids is 3. The van der Waals surface area contributed by atoms with E-state index in [1.54, 1.807) is 71.9 Å². The molecule has 0 bridgehead atoms. The van der Waals surface area contributed by atoms with Crippen LogP contribution in [0.15, 0.2) is 59.6 Å². The topological polar surface area (TPSA) is 455 Å². The molecule has 27 nitrogen and oxygen atoms in total. The smallest absolute Gasteiger partial charge is 0.326 e. The Bertz CT molecular complexity index is 2420. The van der Waals surface area contributed by atoms with Gasteiger partial charge in [0.25, 0.3) is 0 Å². The molecular weight excluding hydrogens is 1020 g/mol. The van der Waals surface area contributed by atoms with Crippen LogP contribution in [0.2, 0.25) is 0 Å². The zero-order valence-corrected chi connectivity index (χ0v) is 44.6. The minimum atomic E-state index is -1.91. The maximum Gasteiger partial charge on any atom is 0.326 e. The second-order valence-corrected chi connectivity index (χ2v) is 19.4. The van der Waals surface area contributed by atoms with E-state index in [-0.39, 0.29) is 56.3 Å². The van der Waals surface area contributed by atoms with E-state index in [0.29, 0.717) is 17.5 Å². The first-order valence-electron chi connectivity index (χ1n) is 25.3. The molecule has 0 unspecified atom stereocenters. The van der Waals surface area contributed by atoms with Gasteiger partial charge in [-0.15, -0.1) is 0 Å². The highest BCUT2D eigenvalue weighted by Crippen LogP contribution is 2.15. The third-order valence-electron chi connectivity index (χ3n) is 12.1. The maximum absolute atomic E-state index is 14.4. The largest absolute Gasteiger partial charge is 0.508 e. The lowest BCUT2D eigenvalue weighted by atomic mass is 9.96. The molecular formula is C51H76N12O15. The fourth-order valence-electron chi connectivity index (χ4n) is 7.71. The summed E-state index contributed by atoms with van der Waals surface area (Å²) in [5.74, 6) is -14.0. The van der Waals surface area contributed by atoms with Crippen molar-refractivity contribution in [1.29, 1.82) is 0 Å². The van der Waals surface area contributed by atoms with Crippen molar-refractivity contribution < 1.29 is 73.2 Å². The predicted molar refractivity (Wildman–Crippen MR) is 282 cm³/mol. The first-order chi connectivity index (χ1) is 36.6. The first kappa shape index (κ1) is 65.8. The van der Waals surface area contributed by atoms with E-state index in [1.165, 1.54) is 24.3 Å². The van der Waals surface area contributed by atoms with Crippen molar-refractivity contribution in [3.8, 4) is 5.75 Å². The third-order valence-corrected chi connectivity index (χ3v) is 12.1. The molecule has 0 saturated heterocycles. The number of rotatable bonds is 34. The number of nitrogens with zero attached hydrogens (tertiary/aromatic N) is 1. The molecule has 8 amide bonds. The molecule has 0 spiro atoms. The number of carboxylic acid groups (broad SMARTS) is 3. The summed E-state index contributed by atoms with van der Waals surface area (Å²) < 4.78 is 0. The number of carbonyl (C=O) groups is 11. The number of phenols is 1. The quantitative estimate of drug-likeness (QED) is 0.0202. The molecule has 27 heteroatoms. The molecule has 0 saturated carbocycles. The fourth-order valence-corrected chi connectivity index (χ4v) is 7.71. The number of hydrogen-bond donors (Lipinski definition) is 15. The Morgan fingerprint density at radius 1 is 0.538 bits per heavy atom. The van der Waals surface area contributed by atoms with Crippen LogP contribution < -0.4 is 59.7 Å². The number of aliphatic carboxylic acids is 3. The van der Waals surface area contributed by atoms with Gasteiger partial charge in [-0.05, 0) is 60.3 Å². The normalized spacial score (nSPS) is 14.5. The molecule has 0 aromatic heterocycles. The van der Waals surface area contributed by atoms with Crippen molar-refractivity contribution in [2.75, 3.05) is 13.1 Å². The van der Waals surface area contributed by atoms with Gasteiger partial charge >= 0.3 is 17.9 Å². The molecule has 0 fully saturated rings.